The van der Waals surface area contributed by atoms with E-state index < -0.39 is 11.7 Å². The maximum atomic E-state index is 12.8. The summed E-state index contributed by atoms with van der Waals surface area (Å²) in [4.78, 5) is 14.7. The Hall–Kier alpha value is -2.03. The minimum atomic E-state index is -4.32. The number of benzene rings is 2. The van der Waals surface area contributed by atoms with Crippen molar-refractivity contribution in [1.82, 2.24) is 10.2 Å². The van der Waals surface area contributed by atoms with Gasteiger partial charge < -0.3 is 10.1 Å². The van der Waals surface area contributed by atoms with Crippen molar-refractivity contribution in [3.05, 3.63) is 70.8 Å². The molecule has 0 unspecified atom stereocenters. The maximum Gasteiger partial charge on any atom is 0.416 e. The van der Waals surface area contributed by atoms with Gasteiger partial charge >= 0.3 is 6.18 Å². The lowest BCUT2D eigenvalue weighted by Crippen LogP contribution is -2.50. The molecule has 0 saturated carbocycles. The zero-order valence-electron chi connectivity index (χ0n) is 18.8. The number of nitrogens with one attached hydrogen (secondary N) is 1. The molecule has 1 saturated heterocycles. The zero-order valence-corrected chi connectivity index (χ0v) is 19.6. The summed E-state index contributed by atoms with van der Waals surface area (Å²) in [6.07, 6.45) is -0.850. The molecule has 1 amide bonds. The topological polar surface area (TPSA) is 41.6 Å². The minimum Gasteiger partial charge on any atom is -0.378 e. The number of carbonyl (C=O) groups is 1. The van der Waals surface area contributed by atoms with Gasteiger partial charge in [0.15, 0.2) is 0 Å². The first kappa shape index (κ1) is 24.1. The second-order valence-corrected chi connectivity index (χ2v) is 9.71. The smallest absolute Gasteiger partial charge is 0.378 e. The fourth-order valence-corrected chi connectivity index (χ4v) is 5.79. The standard InChI is InChI=1S/C25H29F3N2O2S/c1-32-23-22(29-21(31)16-33-2)19-5-3-4-6-20(19)24(23)11-13-30(14-12-24)15-17-7-9-18(10-8-17)25(26,27)28/h3-10,22-23H,11-16H2,1-2H3,(H,29,31)/t22-,23+/m1/s1. The molecular weight excluding hydrogens is 449 g/mol. The molecule has 0 aromatic heterocycles. The SMILES string of the molecule is CO[C@H]1[C@H](NC(=O)CSC)c2ccccc2C12CCN(Cc1ccc(C(F)(F)F)cc1)CC2. The average molecular weight is 479 g/mol. The number of hydrogen-bond acceptors (Lipinski definition) is 4. The van der Waals surface area contributed by atoms with E-state index in [9.17, 15) is 18.0 Å². The predicted octanol–water partition coefficient (Wildman–Crippen LogP) is 4.79. The van der Waals surface area contributed by atoms with Crippen LogP contribution in [-0.2, 0) is 27.7 Å². The number of ether oxygens (including phenoxy) is 1. The van der Waals surface area contributed by atoms with Gasteiger partial charge in [-0.25, -0.2) is 0 Å². The number of piperidine rings is 1. The third-order valence-electron chi connectivity index (χ3n) is 6.96. The zero-order chi connectivity index (χ0) is 23.6. The van der Waals surface area contributed by atoms with Crippen molar-refractivity contribution in [1.29, 1.82) is 0 Å². The molecule has 0 bridgehead atoms. The lowest BCUT2D eigenvalue weighted by Gasteiger charge is -2.44. The highest BCUT2D eigenvalue weighted by Gasteiger charge is 2.53. The molecule has 4 nitrogen and oxygen atoms in total. The third kappa shape index (κ3) is 4.79. The van der Waals surface area contributed by atoms with Gasteiger partial charge in [0, 0.05) is 19.1 Å². The first-order valence-electron chi connectivity index (χ1n) is 11.1. The Morgan fingerprint density at radius 2 is 1.82 bits per heavy atom. The van der Waals surface area contributed by atoms with Gasteiger partial charge in [0.25, 0.3) is 0 Å². The Labute approximate surface area is 196 Å². The number of hydrogen-bond donors (Lipinski definition) is 1. The van der Waals surface area contributed by atoms with Crippen molar-refractivity contribution in [3.8, 4) is 0 Å². The van der Waals surface area contributed by atoms with Gasteiger partial charge in [0.1, 0.15) is 0 Å². The number of likely N-dealkylation sites (tertiary alicyclic amines) is 1. The number of nitrogens with zero attached hydrogens (tertiary/aromatic N) is 1. The van der Waals surface area contributed by atoms with Crippen LogP contribution in [0.4, 0.5) is 13.2 Å². The second-order valence-electron chi connectivity index (χ2n) is 8.85. The predicted molar refractivity (Wildman–Crippen MR) is 124 cm³/mol. The molecule has 2 atom stereocenters. The van der Waals surface area contributed by atoms with E-state index in [1.54, 1.807) is 19.2 Å². The number of carbonyl (C=O) groups excluding carboxylic acids is 1. The van der Waals surface area contributed by atoms with Crippen molar-refractivity contribution in [2.45, 2.75) is 43.1 Å². The van der Waals surface area contributed by atoms with Crippen LogP contribution in [0, 0.1) is 0 Å². The molecule has 0 radical (unpaired) electrons. The summed E-state index contributed by atoms with van der Waals surface area (Å²) >= 11 is 1.49. The quantitative estimate of drug-likeness (QED) is 0.649. The van der Waals surface area contributed by atoms with Gasteiger partial charge in [-0.3, -0.25) is 9.69 Å². The molecule has 4 rings (SSSR count). The second kappa shape index (κ2) is 9.68. The van der Waals surface area contributed by atoms with Crippen LogP contribution in [0.1, 0.15) is 41.1 Å². The molecule has 2 aromatic rings. The van der Waals surface area contributed by atoms with Gasteiger partial charge in [-0.05, 0) is 61.0 Å². The van der Waals surface area contributed by atoms with E-state index in [0.717, 1.165) is 49.2 Å². The summed E-state index contributed by atoms with van der Waals surface area (Å²) in [6.45, 7) is 2.22. The van der Waals surface area contributed by atoms with Gasteiger partial charge in [-0.15, -0.1) is 0 Å². The molecule has 1 aliphatic heterocycles. The molecule has 1 spiro atoms. The molecule has 1 fully saturated rings. The van der Waals surface area contributed by atoms with E-state index in [0.29, 0.717) is 12.3 Å². The number of amides is 1. The van der Waals surface area contributed by atoms with Crippen molar-refractivity contribution < 1.29 is 22.7 Å². The fraction of sp³-hybridized carbons (Fsp3) is 0.480. The van der Waals surface area contributed by atoms with Crippen LogP contribution in [0.15, 0.2) is 48.5 Å². The highest BCUT2D eigenvalue weighted by molar-refractivity contribution is 7.99. The summed E-state index contributed by atoms with van der Waals surface area (Å²) in [5.74, 6) is 0.407. The van der Waals surface area contributed by atoms with E-state index in [2.05, 4.69) is 22.3 Å². The van der Waals surface area contributed by atoms with E-state index >= 15 is 0 Å². The lowest BCUT2D eigenvalue weighted by atomic mass is 9.72. The molecule has 1 aliphatic carbocycles. The van der Waals surface area contributed by atoms with Crippen LogP contribution in [0.25, 0.3) is 0 Å². The number of fused-ring (bicyclic) bond motifs is 2. The Bertz CT molecular complexity index is 972. The third-order valence-corrected chi connectivity index (χ3v) is 7.51. The van der Waals surface area contributed by atoms with Crippen LogP contribution in [0.3, 0.4) is 0 Å². The lowest BCUT2D eigenvalue weighted by molar-refractivity contribution is -0.137. The van der Waals surface area contributed by atoms with Crippen LogP contribution in [0.5, 0.6) is 0 Å². The molecular formula is C25H29F3N2O2S. The van der Waals surface area contributed by atoms with Crippen molar-refractivity contribution in [2.75, 3.05) is 32.2 Å². The summed E-state index contributed by atoms with van der Waals surface area (Å²) in [7, 11) is 1.71. The average Bonchev–Trinajstić information content (AvgIpc) is 3.04. The Kier molecular flexibility index (Phi) is 7.07. The molecule has 178 valence electrons. The number of alkyl halides is 3. The highest BCUT2D eigenvalue weighted by atomic mass is 32.2. The van der Waals surface area contributed by atoms with Gasteiger partial charge in [0.2, 0.25) is 5.91 Å². The molecule has 1 N–H and O–H groups in total. The van der Waals surface area contributed by atoms with E-state index in [1.807, 2.05) is 18.4 Å². The number of rotatable bonds is 6. The number of thioether (sulfide) groups is 1. The van der Waals surface area contributed by atoms with Crippen LogP contribution in [-0.4, -0.2) is 49.1 Å². The molecule has 2 aromatic carbocycles. The highest BCUT2D eigenvalue weighted by Crippen LogP contribution is 2.52. The molecule has 8 heteroatoms. The first-order chi connectivity index (χ1) is 15.8. The van der Waals surface area contributed by atoms with Gasteiger partial charge in [0.05, 0.1) is 23.5 Å². The summed E-state index contributed by atoms with van der Waals surface area (Å²) in [5, 5.41) is 3.19. The van der Waals surface area contributed by atoms with Crippen molar-refractivity contribution in [2.24, 2.45) is 0 Å². The maximum absolute atomic E-state index is 12.8. The number of halogens is 3. The van der Waals surface area contributed by atoms with Gasteiger partial charge in [-0.1, -0.05) is 36.4 Å². The molecule has 1 heterocycles. The van der Waals surface area contributed by atoms with E-state index in [-0.39, 0.29) is 23.5 Å². The Balaban J connectivity index is 1.49. The van der Waals surface area contributed by atoms with E-state index in [4.69, 9.17) is 4.74 Å². The minimum absolute atomic E-state index is 0.00106. The molecule has 2 aliphatic rings. The summed E-state index contributed by atoms with van der Waals surface area (Å²) in [6, 6.07) is 13.5. The summed E-state index contributed by atoms with van der Waals surface area (Å²) in [5.41, 5.74) is 2.41. The van der Waals surface area contributed by atoms with Gasteiger partial charge in [-0.2, -0.15) is 24.9 Å². The Morgan fingerprint density at radius 1 is 1.15 bits per heavy atom. The monoisotopic (exact) mass is 478 g/mol. The molecule has 33 heavy (non-hydrogen) atoms. The largest absolute Gasteiger partial charge is 0.416 e. The van der Waals surface area contributed by atoms with Crippen LogP contribution >= 0.6 is 11.8 Å². The van der Waals surface area contributed by atoms with Crippen molar-refractivity contribution in [3.63, 3.8) is 0 Å². The normalized spacial score (nSPS) is 22.3. The first-order valence-corrected chi connectivity index (χ1v) is 12.5. The van der Waals surface area contributed by atoms with Crippen molar-refractivity contribution >= 4 is 17.7 Å². The summed E-state index contributed by atoms with van der Waals surface area (Å²) < 4.78 is 44.6. The fourth-order valence-electron chi connectivity index (χ4n) is 5.44. The number of methoxy groups -OCH3 is 1. The van der Waals surface area contributed by atoms with E-state index in [1.165, 1.54) is 17.3 Å². The van der Waals surface area contributed by atoms with Crippen LogP contribution < -0.4 is 5.32 Å². The van der Waals surface area contributed by atoms with Crippen LogP contribution in [0.2, 0.25) is 0 Å². The Morgan fingerprint density at radius 3 is 2.42 bits per heavy atom.